The number of nitrogens with two attached hydrogens (primary N) is 1. The number of hydrogen-bond acceptors (Lipinski definition) is 6. The number of amides is 1. The lowest BCUT2D eigenvalue weighted by atomic mass is 9.98. The third kappa shape index (κ3) is 4.36. The normalized spacial score (nSPS) is 15.0. The summed E-state index contributed by atoms with van der Waals surface area (Å²) in [4.78, 5) is 13.0. The van der Waals surface area contributed by atoms with Crippen LogP contribution in [-0.2, 0) is 14.8 Å². The Morgan fingerprint density at radius 1 is 1.00 bits per heavy atom. The maximum Gasteiger partial charge on any atom is 0.269 e. The molecule has 10 heteroatoms. The maximum absolute atomic E-state index is 13.0. The van der Waals surface area contributed by atoms with Gasteiger partial charge in [0, 0.05) is 23.0 Å². The van der Waals surface area contributed by atoms with E-state index in [2.05, 4.69) is 15.5 Å². The van der Waals surface area contributed by atoms with Gasteiger partial charge < -0.3 is 14.8 Å². The molecular formula is C24H20N4O5S. The van der Waals surface area contributed by atoms with Gasteiger partial charge in [0.1, 0.15) is 6.61 Å². The van der Waals surface area contributed by atoms with Crippen molar-refractivity contribution in [3.63, 3.8) is 0 Å². The second-order valence-corrected chi connectivity index (χ2v) is 9.23. The number of fused-ring (bicyclic) bond motifs is 1. The largest absolute Gasteiger partial charge is 0.485 e. The van der Waals surface area contributed by atoms with Gasteiger partial charge in [-0.15, -0.1) is 0 Å². The first kappa shape index (κ1) is 21.7. The number of anilines is 1. The molecule has 0 saturated carbocycles. The monoisotopic (exact) mass is 476 g/mol. The Balaban J connectivity index is 1.47. The number of benzene rings is 3. The molecule has 9 nitrogen and oxygen atoms in total. The molecule has 4 N–H and O–H groups in total. The van der Waals surface area contributed by atoms with E-state index >= 15 is 0 Å². The van der Waals surface area contributed by atoms with Crippen LogP contribution in [0.5, 0.6) is 11.5 Å². The smallest absolute Gasteiger partial charge is 0.269 e. The number of nitrogens with one attached hydrogen (secondary N) is 2. The van der Waals surface area contributed by atoms with Crippen LogP contribution in [0.25, 0.3) is 22.3 Å². The van der Waals surface area contributed by atoms with Crippen molar-refractivity contribution < 1.29 is 22.7 Å². The van der Waals surface area contributed by atoms with E-state index in [9.17, 15) is 13.2 Å². The van der Waals surface area contributed by atoms with Gasteiger partial charge in [-0.05, 0) is 47.5 Å². The quantitative estimate of drug-likeness (QED) is 0.405. The zero-order chi connectivity index (χ0) is 23.7. The Bertz CT molecular complexity index is 1450. The lowest BCUT2D eigenvalue weighted by Crippen LogP contribution is -2.40. The fourth-order valence-electron chi connectivity index (χ4n) is 3.67. The third-order valence-electron chi connectivity index (χ3n) is 5.40. The van der Waals surface area contributed by atoms with Gasteiger partial charge in [-0.1, -0.05) is 30.3 Å². The van der Waals surface area contributed by atoms with Crippen LogP contribution in [0.4, 0.5) is 5.69 Å². The maximum atomic E-state index is 13.0. The topological polar surface area (TPSA) is 136 Å². The summed E-state index contributed by atoms with van der Waals surface area (Å²) in [6.45, 7) is 0.0777. The highest BCUT2D eigenvalue weighted by Gasteiger charge is 2.28. The molecule has 2 heterocycles. The predicted molar refractivity (Wildman–Crippen MR) is 126 cm³/mol. The number of primary sulfonamides is 1. The van der Waals surface area contributed by atoms with Crippen molar-refractivity contribution in [2.45, 2.75) is 11.0 Å². The van der Waals surface area contributed by atoms with E-state index in [0.717, 1.165) is 11.1 Å². The molecule has 1 aromatic heterocycles. The average Bonchev–Trinajstić information content (AvgIpc) is 3.38. The van der Waals surface area contributed by atoms with E-state index in [1.54, 1.807) is 48.8 Å². The van der Waals surface area contributed by atoms with Crippen molar-refractivity contribution >= 4 is 21.6 Å². The second-order valence-electron chi connectivity index (χ2n) is 7.67. The molecule has 1 atom stereocenters. The summed E-state index contributed by atoms with van der Waals surface area (Å²) in [6.07, 6.45) is 2.61. The molecule has 0 aliphatic carbocycles. The number of H-pyrrole nitrogens is 1. The SMILES string of the molecule is NS(=O)(=O)c1ccc(-c2cc(-c3cn[nH]c3)ccc2NC(=O)C2COc3ccccc3O2)cc1. The van der Waals surface area contributed by atoms with Gasteiger partial charge >= 0.3 is 0 Å². The van der Waals surface area contributed by atoms with Crippen molar-refractivity contribution in [1.82, 2.24) is 10.2 Å². The first-order valence-electron chi connectivity index (χ1n) is 10.3. The number of rotatable bonds is 5. The van der Waals surface area contributed by atoms with Gasteiger partial charge in [0.05, 0.1) is 11.1 Å². The van der Waals surface area contributed by atoms with Crippen LogP contribution >= 0.6 is 0 Å². The zero-order valence-corrected chi connectivity index (χ0v) is 18.6. The first-order valence-corrected chi connectivity index (χ1v) is 11.9. The van der Waals surface area contributed by atoms with E-state index in [1.807, 2.05) is 18.2 Å². The first-order chi connectivity index (χ1) is 16.4. The molecule has 5 rings (SSSR count). The summed E-state index contributed by atoms with van der Waals surface area (Å²) in [6, 6.07) is 18.8. The molecule has 0 spiro atoms. The lowest BCUT2D eigenvalue weighted by Gasteiger charge is -2.26. The molecule has 172 valence electrons. The molecule has 0 radical (unpaired) electrons. The third-order valence-corrected chi connectivity index (χ3v) is 6.33. The van der Waals surface area contributed by atoms with Gasteiger partial charge in [0.25, 0.3) is 5.91 Å². The summed E-state index contributed by atoms with van der Waals surface area (Å²) >= 11 is 0. The number of sulfonamides is 1. The Hall–Kier alpha value is -4.15. The van der Waals surface area contributed by atoms with Crippen LogP contribution in [0.3, 0.4) is 0 Å². The van der Waals surface area contributed by atoms with Gasteiger partial charge in [-0.25, -0.2) is 13.6 Å². The van der Waals surface area contributed by atoms with Gasteiger partial charge in [0.15, 0.2) is 11.5 Å². The van der Waals surface area contributed by atoms with Crippen LogP contribution in [0.15, 0.2) is 84.0 Å². The molecular weight excluding hydrogens is 456 g/mol. The van der Waals surface area contributed by atoms with Crippen LogP contribution < -0.4 is 19.9 Å². The van der Waals surface area contributed by atoms with E-state index in [0.29, 0.717) is 28.3 Å². The van der Waals surface area contributed by atoms with Crippen LogP contribution in [-0.4, -0.2) is 37.2 Å². The van der Waals surface area contributed by atoms with Gasteiger partial charge in [0.2, 0.25) is 16.1 Å². The van der Waals surface area contributed by atoms with Crippen molar-refractivity contribution in [1.29, 1.82) is 0 Å². The molecule has 3 aromatic carbocycles. The molecule has 1 unspecified atom stereocenters. The highest BCUT2D eigenvalue weighted by Crippen LogP contribution is 2.35. The standard InChI is InChI=1S/C24H20N4O5S/c25-34(30,31)18-8-5-15(6-9-18)19-11-16(17-12-26-27-13-17)7-10-20(19)28-24(29)23-14-32-21-3-1-2-4-22(21)33-23/h1-13,23H,14H2,(H,26,27)(H,28,29)(H2,25,30,31). The highest BCUT2D eigenvalue weighted by atomic mass is 32.2. The van der Waals surface area contributed by atoms with Crippen LogP contribution in [0.1, 0.15) is 0 Å². The fourth-order valence-corrected chi connectivity index (χ4v) is 4.18. The van der Waals surface area contributed by atoms with Crippen LogP contribution in [0, 0.1) is 0 Å². The number of carbonyl (C=O) groups excluding carboxylic acids is 1. The minimum atomic E-state index is -3.83. The Morgan fingerprint density at radius 2 is 1.74 bits per heavy atom. The van der Waals surface area contributed by atoms with Gasteiger partial charge in [-0.3, -0.25) is 9.89 Å². The summed E-state index contributed by atoms with van der Waals surface area (Å²) in [5.74, 6) is 0.725. The zero-order valence-electron chi connectivity index (χ0n) is 17.8. The highest BCUT2D eigenvalue weighted by molar-refractivity contribution is 7.89. The van der Waals surface area contributed by atoms with E-state index in [-0.39, 0.29) is 17.4 Å². The minimum absolute atomic E-state index is 0.000700. The summed E-state index contributed by atoms with van der Waals surface area (Å²) in [5.41, 5.74) is 3.64. The molecule has 0 saturated heterocycles. The van der Waals surface area contributed by atoms with Crippen molar-refractivity contribution in [2.75, 3.05) is 11.9 Å². The van der Waals surface area contributed by atoms with E-state index < -0.39 is 16.1 Å². The number of aromatic amines is 1. The van der Waals surface area contributed by atoms with E-state index in [4.69, 9.17) is 14.6 Å². The molecule has 0 bridgehead atoms. The molecule has 0 fully saturated rings. The molecule has 1 amide bonds. The number of para-hydroxylation sites is 2. The minimum Gasteiger partial charge on any atom is -0.485 e. The summed E-state index contributed by atoms with van der Waals surface area (Å²) in [7, 11) is -3.83. The predicted octanol–water partition coefficient (Wildman–Crippen LogP) is 3.17. The van der Waals surface area contributed by atoms with Crippen LogP contribution in [0.2, 0.25) is 0 Å². The van der Waals surface area contributed by atoms with Crippen molar-refractivity contribution in [3.8, 4) is 33.8 Å². The number of hydrogen-bond donors (Lipinski definition) is 3. The number of carbonyl (C=O) groups is 1. The lowest BCUT2D eigenvalue weighted by molar-refractivity contribution is -0.125. The summed E-state index contributed by atoms with van der Waals surface area (Å²) < 4.78 is 34.8. The fraction of sp³-hybridized carbons (Fsp3) is 0.0833. The Labute approximate surface area is 195 Å². The number of aromatic nitrogens is 2. The molecule has 1 aliphatic rings. The second kappa shape index (κ2) is 8.65. The van der Waals surface area contributed by atoms with Crippen molar-refractivity contribution in [2.24, 2.45) is 5.14 Å². The molecule has 4 aromatic rings. The number of ether oxygens (including phenoxy) is 2. The molecule has 34 heavy (non-hydrogen) atoms. The van der Waals surface area contributed by atoms with Crippen molar-refractivity contribution in [3.05, 3.63) is 79.1 Å². The number of nitrogens with zero attached hydrogens (tertiary/aromatic N) is 1. The Morgan fingerprint density at radius 3 is 2.44 bits per heavy atom. The average molecular weight is 477 g/mol. The van der Waals surface area contributed by atoms with Gasteiger partial charge in [-0.2, -0.15) is 5.10 Å². The van der Waals surface area contributed by atoms with E-state index in [1.165, 1.54) is 12.1 Å². The molecule has 1 aliphatic heterocycles. The Kier molecular flexibility index (Phi) is 5.52. The summed E-state index contributed by atoms with van der Waals surface area (Å²) in [5, 5.41) is 14.9.